The minimum absolute atomic E-state index is 0.113. The highest BCUT2D eigenvalue weighted by molar-refractivity contribution is 7.99. The fourth-order valence-electron chi connectivity index (χ4n) is 2.19. The molecule has 1 aromatic rings. The predicted octanol–water partition coefficient (Wildman–Crippen LogP) is 3.37. The van der Waals surface area contributed by atoms with Crippen molar-refractivity contribution in [3.8, 4) is 0 Å². The van der Waals surface area contributed by atoms with Gasteiger partial charge in [0.15, 0.2) is 0 Å². The summed E-state index contributed by atoms with van der Waals surface area (Å²) in [5.74, 6) is 3.33. The summed E-state index contributed by atoms with van der Waals surface area (Å²) >= 11 is 2.06. The number of aryl methyl sites for hydroxylation is 1. The molecule has 1 N–H and O–H groups in total. The Hall–Kier alpha value is -0.540. The van der Waals surface area contributed by atoms with E-state index in [-0.39, 0.29) is 5.82 Å². The van der Waals surface area contributed by atoms with E-state index in [0.29, 0.717) is 0 Å². The summed E-state index contributed by atoms with van der Waals surface area (Å²) in [5.41, 5.74) is 1.91. The molecule has 0 spiro atoms. The Morgan fingerprint density at radius 1 is 1.35 bits per heavy atom. The Morgan fingerprint density at radius 3 is 2.82 bits per heavy atom. The predicted molar refractivity (Wildman–Crippen MR) is 72.9 cm³/mol. The van der Waals surface area contributed by atoms with Crippen LogP contribution in [0.2, 0.25) is 0 Å². The van der Waals surface area contributed by atoms with Gasteiger partial charge in [0.05, 0.1) is 0 Å². The standard InChI is InChI=1S/C14H20FNS/c1-11-8-13(2-3-14(11)15)10-16-9-12-4-6-17-7-5-12/h2-3,8,12,16H,4-7,9-10H2,1H3. The second kappa shape index (κ2) is 6.41. The summed E-state index contributed by atoms with van der Waals surface area (Å²) in [5, 5.41) is 3.49. The Kier molecular flexibility index (Phi) is 4.86. The summed E-state index contributed by atoms with van der Waals surface area (Å²) in [7, 11) is 0. The van der Waals surface area contributed by atoms with Gasteiger partial charge >= 0.3 is 0 Å². The maximum atomic E-state index is 13.1. The van der Waals surface area contributed by atoms with E-state index >= 15 is 0 Å². The summed E-state index contributed by atoms with van der Waals surface area (Å²) in [6.07, 6.45) is 2.67. The first kappa shape index (κ1) is 12.9. The number of rotatable bonds is 4. The van der Waals surface area contributed by atoms with Gasteiger partial charge in [0.2, 0.25) is 0 Å². The maximum Gasteiger partial charge on any atom is 0.126 e. The van der Waals surface area contributed by atoms with Crippen LogP contribution in [0.4, 0.5) is 4.39 Å². The molecule has 0 amide bonds. The molecule has 1 fully saturated rings. The smallest absolute Gasteiger partial charge is 0.126 e. The molecule has 0 saturated carbocycles. The van der Waals surface area contributed by atoms with Crippen LogP contribution in [0.15, 0.2) is 18.2 Å². The quantitative estimate of drug-likeness (QED) is 0.883. The number of nitrogens with one attached hydrogen (secondary N) is 1. The highest BCUT2D eigenvalue weighted by Gasteiger charge is 2.12. The zero-order valence-electron chi connectivity index (χ0n) is 10.3. The number of benzene rings is 1. The average molecular weight is 253 g/mol. The largest absolute Gasteiger partial charge is 0.312 e. The van der Waals surface area contributed by atoms with Crippen molar-refractivity contribution in [2.75, 3.05) is 18.1 Å². The van der Waals surface area contributed by atoms with E-state index in [4.69, 9.17) is 0 Å². The molecule has 0 radical (unpaired) electrons. The van der Waals surface area contributed by atoms with Crippen LogP contribution < -0.4 is 5.32 Å². The van der Waals surface area contributed by atoms with Crippen LogP contribution in [-0.4, -0.2) is 18.1 Å². The molecule has 1 heterocycles. The minimum Gasteiger partial charge on any atom is -0.312 e. The lowest BCUT2D eigenvalue weighted by Crippen LogP contribution is -2.25. The first-order valence-electron chi connectivity index (χ1n) is 6.29. The summed E-state index contributed by atoms with van der Waals surface area (Å²) in [6, 6.07) is 5.36. The Balaban J connectivity index is 1.75. The molecule has 1 aliphatic rings. The highest BCUT2D eigenvalue weighted by Crippen LogP contribution is 2.21. The Morgan fingerprint density at radius 2 is 2.12 bits per heavy atom. The topological polar surface area (TPSA) is 12.0 Å². The van der Waals surface area contributed by atoms with E-state index in [0.717, 1.165) is 24.6 Å². The van der Waals surface area contributed by atoms with Crippen molar-refractivity contribution in [1.82, 2.24) is 5.32 Å². The molecular formula is C14H20FNS. The third-order valence-corrected chi connectivity index (χ3v) is 4.37. The number of thioether (sulfide) groups is 1. The third-order valence-electron chi connectivity index (χ3n) is 3.33. The molecule has 1 saturated heterocycles. The molecule has 0 atom stereocenters. The van der Waals surface area contributed by atoms with E-state index in [2.05, 4.69) is 17.1 Å². The van der Waals surface area contributed by atoms with Crippen LogP contribution in [0.5, 0.6) is 0 Å². The maximum absolute atomic E-state index is 13.1. The van der Waals surface area contributed by atoms with Crippen molar-refractivity contribution in [2.45, 2.75) is 26.3 Å². The monoisotopic (exact) mass is 253 g/mol. The fraction of sp³-hybridized carbons (Fsp3) is 0.571. The summed E-state index contributed by atoms with van der Waals surface area (Å²) < 4.78 is 13.1. The summed E-state index contributed by atoms with van der Waals surface area (Å²) in [4.78, 5) is 0. The molecule has 0 bridgehead atoms. The van der Waals surface area contributed by atoms with Crippen LogP contribution in [0.3, 0.4) is 0 Å². The minimum atomic E-state index is -0.113. The number of halogens is 1. The molecule has 94 valence electrons. The van der Waals surface area contributed by atoms with Crippen molar-refractivity contribution in [2.24, 2.45) is 5.92 Å². The number of hydrogen-bond acceptors (Lipinski definition) is 2. The van der Waals surface area contributed by atoms with Gasteiger partial charge in [-0.25, -0.2) is 4.39 Å². The first-order chi connectivity index (χ1) is 8.25. The SMILES string of the molecule is Cc1cc(CNCC2CCSCC2)ccc1F. The average Bonchev–Trinajstić information content (AvgIpc) is 2.35. The van der Waals surface area contributed by atoms with Crippen molar-refractivity contribution in [1.29, 1.82) is 0 Å². The van der Waals surface area contributed by atoms with E-state index in [1.165, 1.54) is 29.9 Å². The van der Waals surface area contributed by atoms with Crippen LogP contribution >= 0.6 is 11.8 Å². The second-order valence-corrected chi connectivity index (χ2v) is 5.99. The zero-order valence-corrected chi connectivity index (χ0v) is 11.2. The van der Waals surface area contributed by atoms with Crippen LogP contribution in [0.1, 0.15) is 24.0 Å². The zero-order chi connectivity index (χ0) is 12.1. The lowest BCUT2D eigenvalue weighted by atomic mass is 10.0. The molecule has 1 aliphatic heterocycles. The molecule has 3 heteroatoms. The van der Waals surface area contributed by atoms with Gasteiger partial charge in [-0.1, -0.05) is 12.1 Å². The van der Waals surface area contributed by atoms with E-state index in [1.807, 2.05) is 19.1 Å². The Bertz CT molecular complexity index is 361. The van der Waals surface area contributed by atoms with Gasteiger partial charge in [-0.2, -0.15) is 11.8 Å². The van der Waals surface area contributed by atoms with Crippen LogP contribution in [0.25, 0.3) is 0 Å². The molecule has 0 aromatic heterocycles. The van der Waals surface area contributed by atoms with Gasteiger partial charge in [0.25, 0.3) is 0 Å². The van der Waals surface area contributed by atoms with Gasteiger partial charge in [0.1, 0.15) is 5.82 Å². The van der Waals surface area contributed by atoms with E-state index in [9.17, 15) is 4.39 Å². The van der Waals surface area contributed by atoms with Gasteiger partial charge in [0, 0.05) is 6.54 Å². The molecule has 1 aromatic carbocycles. The molecule has 0 unspecified atom stereocenters. The third kappa shape index (κ3) is 4.00. The van der Waals surface area contributed by atoms with Gasteiger partial charge in [-0.05, 0) is 60.9 Å². The molecule has 2 rings (SSSR count). The summed E-state index contributed by atoms with van der Waals surface area (Å²) in [6.45, 7) is 3.76. The molecule has 1 nitrogen and oxygen atoms in total. The molecule has 17 heavy (non-hydrogen) atoms. The van der Waals surface area contributed by atoms with E-state index < -0.39 is 0 Å². The van der Waals surface area contributed by atoms with Crippen LogP contribution in [0, 0.1) is 18.7 Å². The molecule has 0 aliphatic carbocycles. The van der Waals surface area contributed by atoms with Gasteiger partial charge in [-0.15, -0.1) is 0 Å². The van der Waals surface area contributed by atoms with Gasteiger partial charge < -0.3 is 5.32 Å². The Labute approximate surface area is 107 Å². The van der Waals surface area contributed by atoms with E-state index in [1.54, 1.807) is 6.07 Å². The van der Waals surface area contributed by atoms with Crippen LogP contribution in [-0.2, 0) is 6.54 Å². The van der Waals surface area contributed by atoms with Gasteiger partial charge in [-0.3, -0.25) is 0 Å². The van der Waals surface area contributed by atoms with Crippen molar-refractivity contribution >= 4 is 11.8 Å². The number of hydrogen-bond donors (Lipinski definition) is 1. The highest BCUT2D eigenvalue weighted by atomic mass is 32.2. The fourth-order valence-corrected chi connectivity index (χ4v) is 3.39. The first-order valence-corrected chi connectivity index (χ1v) is 7.44. The second-order valence-electron chi connectivity index (χ2n) is 4.77. The van der Waals surface area contributed by atoms with Crippen molar-refractivity contribution in [3.05, 3.63) is 35.1 Å². The van der Waals surface area contributed by atoms with Crippen molar-refractivity contribution < 1.29 is 4.39 Å². The van der Waals surface area contributed by atoms with Crippen molar-refractivity contribution in [3.63, 3.8) is 0 Å². The lowest BCUT2D eigenvalue weighted by Gasteiger charge is -2.21. The normalized spacial score (nSPS) is 17.3. The molecular weight excluding hydrogens is 233 g/mol. The lowest BCUT2D eigenvalue weighted by molar-refractivity contribution is 0.447.